The molecule has 2 atom stereocenters. The monoisotopic (exact) mass is 417 g/mol. The summed E-state index contributed by atoms with van der Waals surface area (Å²) >= 11 is 0. The highest BCUT2D eigenvalue weighted by Gasteiger charge is 2.33. The minimum atomic E-state index is -3.59. The Morgan fingerprint density at radius 1 is 1.07 bits per heavy atom. The molecular formula is C22H31N3O3S. The Morgan fingerprint density at radius 2 is 1.72 bits per heavy atom. The summed E-state index contributed by atoms with van der Waals surface area (Å²) in [7, 11) is 1.91. The van der Waals surface area contributed by atoms with Crippen LogP contribution in [0.3, 0.4) is 0 Å². The molecule has 2 aromatic rings. The van der Waals surface area contributed by atoms with Crippen LogP contribution in [0.15, 0.2) is 59.5 Å². The van der Waals surface area contributed by atoms with Gasteiger partial charge in [0.1, 0.15) is 0 Å². The molecule has 3 rings (SSSR count). The van der Waals surface area contributed by atoms with E-state index in [1.165, 1.54) is 9.87 Å². The van der Waals surface area contributed by atoms with Crippen molar-refractivity contribution in [3.8, 4) is 0 Å². The lowest BCUT2D eigenvalue weighted by Crippen LogP contribution is -2.52. The number of morpholine rings is 1. The lowest BCUT2D eigenvalue weighted by molar-refractivity contribution is -0.0554. The summed E-state index contributed by atoms with van der Waals surface area (Å²) in [6, 6.07) is 17.0. The van der Waals surface area contributed by atoms with Gasteiger partial charge in [-0.1, -0.05) is 30.3 Å². The van der Waals surface area contributed by atoms with Crippen LogP contribution in [0.25, 0.3) is 0 Å². The highest BCUT2D eigenvalue weighted by atomic mass is 32.2. The van der Waals surface area contributed by atoms with Gasteiger partial charge < -0.3 is 9.64 Å². The Labute approximate surface area is 174 Å². The molecule has 0 bridgehead atoms. The number of hydrogen-bond acceptors (Lipinski definition) is 5. The number of rotatable bonds is 7. The van der Waals surface area contributed by atoms with E-state index in [9.17, 15) is 8.42 Å². The molecule has 0 aliphatic carbocycles. The van der Waals surface area contributed by atoms with Gasteiger partial charge in [-0.3, -0.25) is 4.90 Å². The van der Waals surface area contributed by atoms with Gasteiger partial charge in [-0.05, 0) is 36.8 Å². The predicted octanol–water partition coefficient (Wildman–Crippen LogP) is 2.66. The standard InChI is InChI=1S/C22H31N3O3S/c1-18(22-17-25(14-15-28-22)16-19-8-6-5-7-9-19)24(4)29(26,27)21-12-10-20(11-13-21)23(2)3/h5-13,18,22H,14-17H2,1-4H3/t18-,22+/m1/s1. The first-order chi connectivity index (χ1) is 13.8. The van der Waals surface area contributed by atoms with E-state index in [0.717, 1.165) is 18.8 Å². The molecule has 1 aliphatic heterocycles. The molecule has 1 heterocycles. The van der Waals surface area contributed by atoms with E-state index in [1.807, 2.05) is 56.3 Å². The van der Waals surface area contributed by atoms with Gasteiger partial charge in [0.05, 0.1) is 17.6 Å². The Kier molecular flexibility index (Phi) is 6.95. The third-order valence-electron chi connectivity index (χ3n) is 5.57. The Bertz CT molecular complexity index is 885. The summed E-state index contributed by atoms with van der Waals surface area (Å²) in [5.41, 5.74) is 2.22. The zero-order valence-electron chi connectivity index (χ0n) is 17.7. The maximum atomic E-state index is 13.1. The molecule has 0 spiro atoms. The number of ether oxygens (including phenoxy) is 1. The summed E-state index contributed by atoms with van der Waals surface area (Å²) in [5, 5.41) is 0. The van der Waals surface area contributed by atoms with Crippen molar-refractivity contribution < 1.29 is 13.2 Å². The van der Waals surface area contributed by atoms with Crippen LogP contribution in [0.2, 0.25) is 0 Å². The van der Waals surface area contributed by atoms with E-state index in [4.69, 9.17) is 4.74 Å². The van der Waals surface area contributed by atoms with Gasteiger partial charge in [-0.25, -0.2) is 8.42 Å². The van der Waals surface area contributed by atoms with E-state index in [-0.39, 0.29) is 12.1 Å². The molecule has 0 N–H and O–H groups in total. The van der Waals surface area contributed by atoms with Crippen molar-refractivity contribution in [3.05, 3.63) is 60.2 Å². The lowest BCUT2D eigenvalue weighted by atomic mass is 10.1. The van der Waals surface area contributed by atoms with E-state index in [2.05, 4.69) is 17.0 Å². The molecule has 0 saturated carbocycles. The SMILES string of the molecule is C[C@H]([C@@H]1CN(Cc2ccccc2)CCO1)N(C)S(=O)(=O)c1ccc(N(C)C)cc1. The Balaban J connectivity index is 1.68. The van der Waals surface area contributed by atoms with Gasteiger partial charge in [0.2, 0.25) is 10.0 Å². The van der Waals surface area contributed by atoms with Gasteiger partial charge in [0.15, 0.2) is 0 Å². The lowest BCUT2D eigenvalue weighted by Gasteiger charge is -2.38. The number of nitrogens with zero attached hydrogens (tertiary/aromatic N) is 3. The number of benzene rings is 2. The number of likely N-dealkylation sites (N-methyl/N-ethyl adjacent to an activating group) is 1. The van der Waals surface area contributed by atoms with Gasteiger partial charge in [-0.2, -0.15) is 4.31 Å². The van der Waals surface area contributed by atoms with Crippen molar-refractivity contribution in [1.29, 1.82) is 0 Å². The average Bonchev–Trinajstić information content (AvgIpc) is 2.73. The molecule has 6 nitrogen and oxygen atoms in total. The smallest absolute Gasteiger partial charge is 0.243 e. The molecule has 1 fully saturated rings. The van der Waals surface area contributed by atoms with E-state index in [1.54, 1.807) is 19.2 Å². The molecule has 0 unspecified atom stereocenters. The maximum absolute atomic E-state index is 13.1. The van der Waals surface area contributed by atoms with Crippen molar-refractivity contribution in [2.75, 3.05) is 45.7 Å². The molecule has 0 radical (unpaired) electrons. The minimum Gasteiger partial charge on any atom is -0.378 e. The summed E-state index contributed by atoms with van der Waals surface area (Å²) in [5.74, 6) is 0. The fourth-order valence-corrected chi connectivity index (χ4v) is 4.93. The van der Waals surface area contributed by atoms with Crippen LogP contribution in [-0.4, -0.2) is 70.6 Å². The highest BCUT2D eigenvalue weighted by molar-refractivity contribution is 7.89. The van der Waals surface area contributed by atoms with Crippen molar-refractivity contribution in [1.82, 2.24) is 9.21 Å². The van der Waals surface area contributed by atoms with Crippen LogP contribution >= 0.6 is 0 Å². The van der Waals surface area contributed by atoms with E-state index < -0.39 is 10.0 Å². The third-order valence-corrected chi connectivity index (χ3v) is 7.53. The Morgan fingerprint density at radius 3 is 2.34 bits per heavy atom. The first-order valence-electron chi connectivity index (χ1n) is 9.92. The molecule has 1 aliphatic rings. The number of sulfonamides is 1. The van der Waals surface area contributed by atoms with Gasteiger partial charge in [0, 0.05) is 52.5 Å². The van der Waals surface area contributed by atoms with Crippen LogP contribution in [0.4, 0.5) is 5.69 Å². The van der Waals surface area contributed by atoms with Gasteiger partial charge >= 0.3 is 0 Å². The van der Waals surface area contributed by atoms with Crippen LogP contribution in [0.1, 0.15) is 12.5 Å². The number of hydrogen-bond donors (Lipinski definition) is 0. The summed E-state index contributed by atoms with van der Waals surface area (Å²) in [6.07, 6.45) is -0.173. The summed E-state index contributed by atoms with van der Waals surface area (Å²) in [4.78, 5) is 4.57. The van der Waals surface area contributed by atoms with Gasteiger partial charge in [0.25, 0.3) is 0 Å². The van der Waals surface area contributed by atoms with Gasteiger partial charge in [-0.15, -0.1) is 0 Å². The first-order valence-corrected chi connectivity index (χ1v) is 11.4. The quantitative estimate of drug-likeness (QED) is 0.693. The van der Waals surface area contributed by atoms with Crippen molar-refractivity contribution >= 4 is 15.7 Å². The molecule has 2 aromatic carbocycles. The molecule has 0 amide bonds. The normalized spacial score (nSPS) is 19.3. The minimum absolute atomic E-state index is 0.173. The van der Waals surface area contributed by atoms with Crippen LogP contribution in [0.5, 0.6) is 0 Å². The maximum Gasteiger partial charge on any atom is 0.243 e. The molecule has 158 valence electrons. The zero-order valence-corrected chi connectivity index (χ0v) is 18.5. The van der Waals surface area contributed by atoms with Crippen LogP contribution < -0.4 is 4.90 Å². The second-order valence-corrected chi connectivity index (χ2v) is 9.78. The fourth-order valence-electron chi connectivity index (χ4n) is 3.54. The van der Waals surface area contributed by atoms with Crippen molar-refractivity contribution in [3.63, 3.8) is 0 Å². The third kappa shape index (κ3) is 5.17. The largest absolute Gasteiger partial charge is 0.378 e. The van der Waals surface area contributed by atoms with Crippen molar-refractivity contribution in [2.45, 2.75) is 30.5 Å². The zero-order chi connectivity index (χ0) is 21.0. The summed E-state index contributed by atoms with van der Waals surface area (Å²) in [6.45, 7) is 4.92. The summed E-state index contributed by atoms with van der Waals surface area (Å²) < 4.78 is 33.6. The Hall–Kier alpha value is -1.93. The molecule has 29 heavy (non-hydrogen) atoms. The molecular weight excluding hydrogens is 386 g/mol. The first kappa shape index (κ1) is 21.8. The molecule has 7 heteroatoms. The van der Waals surface area contributed by atoms with Crippen LogP contribution in [-0.2, 0) is 21.3 Å². The van der Waals surface area contributed by atoms with Crippen LogP contribution in [0, 0.1) is 0 Å². The van der Waals surface area contributed by atoms with Crippen molar-refractivity contribution in [2.24, 2.45) is 0 Å². The molecule has 0 aromatic heterocycles. The molecule has 1 saturated heterocycles. The second-order valence-electron chi connectivity index (χ2n) is 7.78. The fraction of sp³-hybridized carbons (Fsp3) is 0.455. The van der Waals surface area contributed by atoms with E-state index >= 15 is 0 Å². The number of anilines is 1. The average molecular weight is 418 g/mol. The predicted molar refractivity (Wildman–Crippen MR) is 117 cm³/mol. The second kappa shape index (κ2) is 9.26. The van der Waals surface area contributed by atoms with E-state index in [0.29, 0.717) is 18.0 Å². The highest BCUT2D eigenvalue weighted by Crippen LogP contribution is 2.23. The topological polar surface area (TPSA) is 53.1 Å².